The Morgan fingerprint density at radius 1 is 1.50 bits per heavy atom. The van der Waals surface area contributed by atoms with E-state index in [0.29, 0.717) is 0 Å². The molecule has 0 aliphatic heterocycles. The van der Waals surface area contributed by atoms with Crippen LogP contribution in [0.2, 0.25) is 0 Å². The van der Waals surface area contributed by atoms with Gasteiger partial charge in [0.15, 0.2) is 0 Å². The molecule has 0 bridgehead atoms. The minimum atomic E-state index is 0.738. The molecule has 2 N–H and O–H groups in total. The first-order valence-electron chi connectivity index (χ1n) is 5.15. The second-order valence-electron chi connectivity index (χ2n) is 3.41. The topological polar surface area (TPSA) is 42.1 Å². The molecule has 0 aliphatic carbocycles. The largest absolute Gasteiger partial charge is 0.357 e. The highest BCUT2D eigenvalue weighted by Gasteiger charge is 2.04. The van der Waals surface area contributed by atoms with Crippen LogP contribution in [0.15, 0.2) is 18.3 Å². The number of hydrogen-bond acceptors (Lipinski definition) is 3. The summed E-state index contributed by atoms with van der Waals surface area (Å²) in [6.45, 7) is 6.94. The van der Waals surface area contributed by atoms with Crippen molar-refractivity contribution in [2.24, 2.45) is 5.73 Å². The van der Waals surface area contributed by atoms with Gasteiger partial charge in [-0.25, -0.2) is 4.98 Å². The number of aryl methyl sites for hydroxylation is 1. The Morgan fingerprint density at radius 2 is 2.29 bits per heavy atom. The highest BCUT2D eigenvalue weighted by atomic mass is 15.2. The highest BCUT2D eigenvalue weighted by molar-refractivity contribution is 5.40. The van der Waals surface area contributed by atoms with Gasteiger partial charge in [-0.15, -0.1) is 0 Å². The number of aromatic nitrogens is 1. The Hall–Kier alpha value is -1.09. The van der Waals surface area contributed by atoms with Gasteiger partial charge in [0.05, 0.1) is 0 Å². The van der Waals surface area contributed by atoms with Gasteiger partial charge in [-0.1, -0.05) is 0 Å². The van der Waals surface area contributed by atoms with E-state index in [0.717, 1.165) is 31.9 Å². The average molecular weight is 193 g/mol. The second kappa shape index (κ2) is 5.60. The number of pyridine rings is 1. The molecule has 1 heterocycles. The van der Waals surface area contributed by atoms with Crippen LogP contribution in [0.3, 0.4) is 0 Å². The summed E-state index contributed by atoms with van der Waals surface area (Å²) in [7, 11) is 0. The van der Waals surface area contributed by atoms with Crippen molar-refractivity contribution in [3.63, 3.8) is 0 Å². The molecule has 78 valence electrons. The zero-order valence-electron chi connectivity index (χ0n) is 9.03. The Labute approximate surface area is 85.9 Å². The molecule has 3 heteroatoms. The zero-order valence-corrected chi connectivity index (χ0v) is 9.03. The Bertz CT molecular complexity index is 273. The monoisotopic (exact) mass is 193 g/mol. The van der Waals surface area contributed by atoms with E-state index in [-0.39, 0.29) is 0 Å². The van der Waals surface area contributed by atoms with Gasteiger partial charge in [0, 0.05) is 19.3 Å². The van der Waals surface area contributed by atoms with Crippen molar-refractivity contribution in [3.8, 4) is 0 Å². The molecule has 0 saturated carbocycles. The average Bonchev–Trinajstić information content (AvgIpc) is 2.19. The van der Waals surface area contributed by atoms with Crippen LogP contribution in [0.1, 0.15) is 18.9 Å². The molecule has 1 rings (SSSR count). The minimum Gasteiger partial charge on any atom is -0.357 e. The maximum Gasteiger partial charge on any atom is 0.128 e. The van der Waals surface area contributed by atoms with Crippen molar-refractivity contribution in [3.05, 3.63) is 23.9 Å². The molecule has 0 atom stereocenters. The van der Waals surface area contributed by atoms with Gasteiger partial charge in [-0.05, 0) is 44.5 Å². The van der Waals surface area contributed by atoms with Crippen LogP contribution < -0.4 is 10.6 Å². The zero-order chi connectivity index (χ0) is 10.4. The van der Waals surface area contributed by atoms with E-state index in [1.807, 2.05) is 12.3 Å². The maximum atomic E-state index is 5.49. The summed E-state index contributed by atoms with van der Waals surface area (Å²) in [5, 5.41) is 0. The lowest BCUT2D eigenvalue weighted by Crippen LogP contribution is -2.26. The van der Waals surface area contributed by atoms with Crippen molar-refractivity contribution in [1.82, 2.24) is 4.98 Å². The number of rotatable bonds is 5. The summed E-state index contributed by atoms with van der Waals surface area (Å²) in [5.74, 6) is 1.06. The van der Waals surface area contributed by atoms with Gasteiger partial charge in [-0.2, -0.15) is 0 Å². The summed E-state index contributed by atoms with van der Waals surface area (Å²) >= 11 is 0. The standard InChI is InChI=1S/C11H19N3/c1-3-14(8-4-6-12)11-9-10(2)5-7-13-11/h5,7,9H,3-4,6,8,12H2,1-2H3. The van der Waals surface area contributed by atoms with Crippen LogP contribution in [0.4, 0.5) is 5.82 Å². The molecule has 0 fully saturated rings. The molecule has 1 aromatic rings. The lowest BCUT2D eigenvalue weighted by Gasteiger charge is -2.21. The molecule has 0 aromatic carbocycles. The molecule has 14 heavy (non-hydrogen) atoms. The van der Waals surface area contributed by atoms with Crippen molar-refractivity contribution in [2.75, 3.05) is 24.5 Å². The number of anilines is 1. The van der Waals surface area contributed by atoms with E-state index in [1.54, 1.807) is 0 Å². The third-order valence-corrected chi connectivity index (χ3v) is 2.24. The van der Waals surface area contributed by atoms with Gasteiger partial charge >= 0.3 is 0 Å². The fourth-order valence-corrected chi connectivity index (χ4v) is 1.41. The van der Waals surface area contributed by atoms with E-state index >= 15 is 0 Å². The van der Waals surface area contributed by atoms with E-state index < -0.39 is 0 Å². The van der Waals surface area contributed by atoms with Crippen molar-refractivity contribution < 1.29 is 0 Å². The number of hydrogen-bond donors (Lipinski definition) is 1. The van der Waals surface area contributed by atoms with Gasteiger partial charge in [0.2, 0.25) is 0 Å². The molecule has 0 saturated heterocycles. The van der Waals surface area contributed by atoms with Crippen LogP contribution in [0, 0.1) is 6.92 Å². The van der Waals surface area contributed by atoms with Crippen LogP contribution >= 0.6 is 0 Å². The molecule has 1 aromatic heterocycles. The lowest BCUT2D eigenvalue weighted by molar-refractivity contribution is 0.744. The van der Waals surface area contributed by atoms with Crippen LogP contribution in [-0.4, -0.2) is 24.6 Å². The third-order valence-electron chi connectivity index (χ3n) is 2.24. The minimum absolute atomic E-state index is 0.738. The second-order valence-corrected chi connectivity index (χ2v) is 3.41. The van der Waals surface area contributed by atoms with E-state index in [9.17, 15) is 0 Å². The summed E-state index contributed by atoms with van der Waals surface area (Å²) in [5.41, 5.74) is 6.74. The molecule has 0 amide bonds. The van der Waals surface area contributed by atoms with Crippen molar-refractivity contribution in [2.45, 2.75) is 20.3 Å². The first-order chi connectivity index (χ1) is 6.77. The van der Waals surface area contributed by atoms with Gasteiger partial charge < -0.3 is 10.6 Å². The SMILES string of the molecule is CCN(CCCN)c1cc(C)ccn1. The quantitative estimate of drug-likeness (QED) is 0.771. The predicted octanol–water partition coefficient (Wildman–Crippen LogP) is 1.57. The Morgan fingerprint density at radius 3 is 2.86 bits per heavy atom. The highest BCUT2D eigenvalue weighted by Crippen LogP contribution is 2.11. The first-order valence-corrected chi connectivity index (χ1v) is 5.15. The van der Waals surface area contributed by atoms with Gasteiger partial charge in [0.1, 0.15) is 5.82 Å². The van der Waals surface area contributed by atoms with Crippen LogP contribution in [-0.2, 0) is 0 Å². The molecular formula is C11H19N3. The third kappa shape index (κ3) is 3.00. The first kappa shape index (κ1) is 11.0. The van der Waals surface area contributed by atoms with Crippen molar-refractivity contribution >= 4 is 5.82 Å². The number of nitrogens with zero attached hydrogens (tertiary/aromatic N) is 2. The fraction of sp³-hybridized carbons (Fsp3) is 0.545. The normalized spacial score (nSPS) is 10.2. The molecule has 3 nitrogen and oxygen atoms in total. The molecule has 0 unspecified atom stereocenters. The molecule has 0 spiro atoms. The summed E-state index contributed by atoms with van der Waals surface area (Å²) in [6, 6.07) is 4.13. The Balaban J connectivity index is 2.68. The van der Waals surface area contributed by atoms with Crippen LogP contribution in [0.25, 0.3) is 0 Å². The molecule has 0 aliphatic rings. The smallest absolute Gasteiger partial charge is 0.128 e. The van der Waals surface area contributed by atoms with E-state index in [2.05, 4.69) is 29.8 Å². The van der Waals surface area contributed by atoms with E-state index in [1.165, 1.54) is 5.56 Å². The van der Waals surface area contributed by atoms with Gasteiger partial charge in [-0.3, -0.25) is 0 Å². The number of nitrogens with two attached hydrogens (primary N) is 1. The summed E-state index contributed by atoms with van der Waals surface area (Å²) in [6.07, 6.45) is 2.87. The van der Waals surface area contributed by atoms with Crippen LogP contribution in [0.5, 0.6) is 0 Å². The lowest BCUT2D eigenvalue weighted by atomic mass is 10.3. The molecule has 0 radical (unpaired) electrons. The summed E-state index contributed by atoms with van der Waals surface area (Å²) in [4.78, 5) is 6.60. The maximum absolute atomic E-state index is 5.49. The Kier molecular flexibility index (Phi) is 4.40. The molecular weight excluding hydrogens is 174 g/mol. The fourth-order valence-electron chi connectivity index (χ4n) is 1.41. The summed E-state index contributed by atoms with van der Waals surface area (Å²) < 4.78 is 0. The van der Waals surface area contributed by atoms with Crippen molar-refractivity contribution in [1.29, 1.82) is 0 Å². The van der Waals surface area contributed by atoms with Gasteiger partial charge in [0.25, 0.3) is 0 Å². The van der Waals surface area contributed by atoms with E-state index in [4.69, 9.17) is 5.73 Å². The predicted molar refractivity (Wildman–Crippen MR) is 60.5 cm³/mol.